The van der Waals surface area contributed by atoms with E-state index in [2.05, 4.69) is 14.2 Å². The third kappa shape index (κ3) is 3.07. The van der Waals surface area contributed by atoms with Gasteiger partial charge in [-0.1, -0.05) is 18.2 Å². The summed E-state index contributed by atoms with van der Waals surface area (Å²) < 4.78 is 41.3. The zero-order valence-electron chi connectivity index (χ0n) is 11.8. The van der Waals surface area contributed by atoms with Gasteiger partial charge < -0.3 is 14.6 Å². The number of aliphatic hydroxyl groups is 1. The molecule has 1 fully saturated rings. The van der Waals surface area contributed by atoms with Gasteiger partial charge in [-0.25, -0.2) is 4.79 Å². The number of alkyl halides is 2. The highest BCUT2D eigenvalue weighted by Gasteiger charge is 2.62. The fourth-order valence-electron chi connectivity index (χ4n) is 1.93. The van der Waals surface area contributed by atoms with E-state index in [1.165, 1.54) is 6.07 Å². The Bertz CT molecular complexity index is 588. The Morgan fingerprint density at radius 2 is 1.91 bits per heavy atom. The second-order valence-corrected chi connectivity index (χ2v) is 4.79. The van der Waals surface area contributed by atoms with Crippen LogP contribution in [0.4, 0.5) is 8.78 Å². The van der Waals surface area contributed by atoms with Crippen LogP contribution >= 0.6 is 0 Å². The van der Waals surface area contributed by atoms with E-state index < -0.39 is 36.5 Å². The predicted octanol–water partition coefficient (Wildman–Crippen LogP) is 1.39. The molecule has 3 atom stereocenters. The van der Waals surface area contributed by atoms with Crippen LogP contribution in [0.25, 0.3) is 0 Å². The summed E-state index contributed by atoms with van der Waals surface area (Å²) in [5.41, 5.74) is 0.623. The summed E-state index contributed by atoms with van der Waals surface area (Å²) in [4.78, 5) is 22.7. The van der Waals surface area contributed by atoms with Gasteiger partial charge >= 0.3 is 17.9 Å². The molecular formula is C14H14F2O6. The Morgan fingerprint density at radius 1 is 1.27 bits per heavy atom. The number of hydrogen-bond donors (Lipinski definition) is 1. The maximum atomic E-state index is 13.8. The van der Waals surface area contributed by atoms with Gasteiger partial charge in [0, 0.05) is 6.92 Å². The van der Waals surface area contributed by atoms with E-state index >= 15 is 0 Å². The number of esters is 2. The van der Waals surface area contributed by atoms with Crippen molar-refractivity contribution in [2.24, 2.45) is 0 Å². The van der Waals surface area contributed by atoms with Crippen LogP contribution < -0.4 is 0 Å². The summed E-state index contributed by atoms with van der Waals surface area (Å²) in [7, 11) is 0. The smallest absolute Gasteiger partial charge is 0.340 e. The minimum Gasteiger partial charge on any atom is -0.433 e. The molecule has 0 aliphatic carbocycles. The Kier molecular flexibility index (Phi) is 4.43. The summed E-state index contributed by atoms with van der Waals surface area (Å²) >= 11 is 0. The number of hydrogen-bond acceptors (Lipinski definition) is 6. The SMILES string of the molecule is CC(=O)OC1O[C@H](OC(=O)c2ccccc2C)C(F)(F)[C@H]1O. The van der Waals surface area contributed by atoms with Crippen molar-refractivity contribution in [2.45, 2.75) is 38.5 Å². The summed E-state index contributed by atoms with van der Waals surface area (Å²) in [6.45, 7) is 2.58. The monoisotopic (exact) mass is 316 g/mol. The Balaban J connectivity index is 2.14. The van der Waals surface area contributed by atoms with Crippen LogP contribution in [-0.2, 0) is 19.0 Å². The molecule has 8 heteroatoms. The first-order valence-electron chi connectivity index (χ1n) is 6.38. The standard InChI is InChI=1S/C14H14F2O6/c1-7-5-3-4-6-9(7)11(19)21-13-14(15,16)10(18)12(22-13)20-8(2)17/h3-6,10,12-13,18H,1-2H3/t10-,12?,13-/m0/s1. The Hall–Kier alpha value is -2.06. The molecule has 1 saturated heterocycles. The molecule has 1 aliphatic heterocycles. The van der Waals surface area contributed by atoms with Crippen molar-refractivity contribution in [3.05, 3.63) is 35.4 Å². The first-order valence-corrected chi connectivity index (χ1v) is 6.38. The second kappa shape index (κ2) is 5.98. The summed E-state index contributed by atoms with van der Waals surface area (Å²) in [6.07, 6.45) is -6.67. The zero-order valence-corrected chi connectivity index (χ0v) is 11.8. The molecule has 0 amide bonds. The lowest BCUT2D eigenvalue weighted by molar-refractivity contribution is -0.219. The molecule has 0 spiro atoms. The van der Waals surface area contributed by atoms with E-state index in [1.54, 1.807) is 25.1 Å². The van der Waals surface area contributed by atoms with Crippen molar-refractivity contribution in [3.63, 3.8) is 0 Å². The Morgan fingerprint density at radius 3 is 2.50 bits per heavy atom. The van der Waals surface area contributed by atoms with Crippen LogP contribution in [0.15, 0.2) is 24.3 Å². The average Bonchev–Trinajstić information content (AvgIpc) is 2.63. The van der Waals surface area contributed by atoms with Gasteiger partial charge in [-0.15, -0.1) is 0 Å². The van der Waals surface area contributed by atoms with Crippen LogP contribution in [0.3, 0.4) is 0 Å². The Labute approximate surface area is 124 Å². The van der Waals surface area contributed by atoms with E-state index in [0.29, 0.717) is 5.56 Å². The van der Waals surface area contributed by atoms with Crippen molar-refractivity contribution in [1.82, 2.24) is 0 Å². The molecule has 1 N–H and O–H groups in total. The van der Waals surface area contributed by atoms with Gasteiger partial charge in [0.2, 0.25) is 6.29 Å². The van der Waals surface area contributed by atoms with Gasteiger partial charge in [0.15, 0.2) is 6.10 Å². The predicted molar refractivity (Wildman–Crippen MR) is 68.0 cm³/mol. The lowest BCUT2D eigenvalue weighted by Gasteiger charge is -2.19. The molecule has 0 radical (unpaired) electrons. The van der Waals surface area contributed by atoms with Gasteiger partial charge in [-0.2, -0.15) is 8.78 Å². The quantitative estimate of drug-likeness (QED) is 0.849. The molecule has 6 nitrogen and oxygen atoms in total. The van der Waals surface area contributed by atoms with Crippen LogP contribution in [0.2, 0.25) is 0 Å². The van der Waals surface area contributed by atoms with E-state index in [-0.39, 0.29) is 5.56 Å². The normalized spacial score (nSPS) is 26.5. The molecule has 0 saturated carbocycles. The molecule has 0 bridgehead atoms. The van der Waals surface area contributed by atoms with Crippen molar-refractivity contribution >= 4 is 11.9 Å². The lowest BCUT2D eigenvalue weighted by atomic mass is 10.1. The van der Waals surface area contributed by atoms with Crippen LogP contribution in [0.1, 0.15) is 22.8 Å². The molecule has 22 heavy (non-hydrogen) atoms. The lowest BCUT2D eigenvalue weighted by Crippen LogP contribution is -2.42. The molecule has 1 aromatic carbocycles. The average molecular weight is 316 g/mol. The van der Waals surface area contributed by atoms with Crippen molar-refractivity contribution < 1.29 is 37.7 Å². The van der Waals surface area contributed by atoms with E-state index in [0.717, 1.165) is 6.92 Å². The van der Waals surface area contributed by atoms with Gasteiger partial charge in [-0.3, -0.25) is 9.53 Å². The fourth-order valence-corrected chi connectivity index (χ4v) is 1.93. The van der Waals surface area contributed by atoms with Crippen molar-refractivity contribution in [1.29, 1.82) is 0 Å². The van der Waals surface area contributed by atoms with Gasteiger partial charge in [-0.05, 0) is 18.6 Å². The van der Waals surface area contributed by atoms with Crippen molar-refractivity contribution in [2.75, 3.05) is 0 Å². The fraction of sp³-hybridized carbons (Fsp3) is 0.429. The molecule has 1 aliphatic rings. The maximum Gasteiger partial charge on any atom is 0.340 e. The first kappa shape index (κ1) is 16.3. The van der Waals surface area contributed by atoms with Crippen LogP contribution in [0.5, 0.6) is 0 Å². The van der Waals surface area contributed by atoms with E-state index in [9.17, 15) is 23.5 Å². The van der Waals surface area contributed by atoms with Crippen LogP contribution in [0, 0.1) is 6.92 Å². The topological polar surface area (TPSA) is 82.1 Å². The van der Waals surface area contributed by atoms with Gasteiger partial charge in [0.1, 0.15) is 0 Å². The number of ether oxygens (including phenoxy) is 3. The molecule has 120 valence electrons. The highest BCUT2D eigenvalue weighted by atomic mass is 19.3. The molecule has 2 rings (SSSR count). The number of carbonyl (C=O) groups is 2. The summed E-state index contributed by atoms with van der Waals surface area (Å²) in [5.74, 6) is -5.84. The van der Waals surface area contributed by atoms with Crippen molar-refractivity contribution in [3.8, 4) is 0 Å². The number of halogens is 2. The maximum absolute atomic E-state index is 13.8. The number of benzene rings is 1. The third-order valence-corrected chi connectivity index (χ3v) is 3.09. The number of aryl methyl sites for hydroxylation is 1. The summed E-state index contributed by atoms with van der Waals surface area (Å²) in [5, 5.41) is 9.43. The minimum atomic E-state index is -3.90. The summed E-state index contributed by atoms with van der Waals surface area (Å²) in [6, 6.07) is 6.24. The second-order valence-electron chi connectivity index (χ2n) is 4.79. The van der Waals surface area contributed by atoms with E-state index in [1.807, 2.05) is 0 Å². The number of carbonyl (C=O) groups excluding carboxylic acids is 2. The molecule has 1 heterocycles. The number of rotatable bonds is 3. The molecule has 0 aromatic heterocycles. The third-order valence-electron chi connectivity index (χ3n) is 3.09. The highest BCUT2D eigenvalue weighted by Crippen LogP contribution is 2.37. The molecule has 1 unspecified atom stereocenters. The van der Waals surface area contributed by atoms with Gasteiger partial charge in [0.05, 0.1) is 5.56 Å². The highest BCUT2D eigenvalue weighted by molar-refractivity contribution is 5.91. The minimum absolute atomic E-state index is 0.0901. The van der Waals surface area contributed by atoms with E-state index in [4.69, 9.17) is 0 Å². The molecular weight excluding hydrogens is 302 g/mol. The van der Waals surface area contributed by atoms with Gasteiger partial charge in [0.25, 0.3) is 6.29 Å². The number of aliphatic hydroxyl groups excluding tert-OH is 1. The van der Waals surface area contributed by atoms with Crippen LogP contribution in [-0.4, -0.2) is 41.7 Å². The zero-order chi connectivity index (χ0) is 16.5. The first-order chi connectivity index (χ1) is 10.2. The molecule has 1 aromatic rings. The largest absolute Gasteiger partial charge is 0.433 e.